The molecule has 0 spiro atoms. The van der Waals surface area contributed by atoms with Crippen LogP contribution in [0.15, 0.2) is 30.3 Å². The number of carbonyl (C=O) groups excluding carboxylic acids is 1. The van der Waals surface area contributed by atoms with Crippen LogP contribution in [0, 0.1) is 5.92 Å². The molecule has 3 N–H and O–H groups in total. The van der Waals surface area contributed by atoms with Crippen LogP contribution in [-0.2, 0) is 11.3 Å². The first-order chi connectivity index (χ1) is 10.6. The normalized spacial score (nSPS) is 20.6. The molecule has 0 aromatic heterocycles. The highest BCUT2D eigenvalue weighted by molar-refractivity contribution is 5.85. The molecule has 1 fully saturated rings. The molecule has 0 saturated carbocycles. The third kappa shape index (κ3) is 5.79. The smallest absolute Gasteiger partial charge is 0.237 e. The third-order valence-corrected chi connectivity index (χ3v) is 4.80. The van der Waals surface area contributed by atoms with E-state index < -0.39 is 6.04 Å². The molecule has 3 unspecified atom stereocenters. The molecule has 2 rings (SSSR count). The molecule has 1 saturated heterocycles. The Hall–Kier alpha value is -1.10. The number of nitrogens with one attached hydrogen (secondary N) is 1. The zero-order valence-corrected chi connectivity index (χ0v) is 15.0. The van der Waals surface area contributed by atoms with Crippen LogP contribution >= 0.6 is 12.4 Å². The molecule has 1 aromatic rings. The first-order valence-corrected chi connectivity index (χ1v) is 8.43. The summed E-state index contributed by atoms with van der Waals surface area (Å²) >= 11 is 0. The number of carbonyl (C=O) groups is 1. The molecule has 0 radical (unpaired) electrons. The Kier molecular flexibility index (Phi) is 8.59. The van der Waals surface area contributed by atoms with Crippen LogP contribution in [0.1, 0.15) is 38.7 Å². The van der Waals surface area contributed by atoms with Crippen molar-refractivity contribution in [1.82, 2.24) is 10.2 Å². The van der Waals surface area contributed by atoms with Crippen molar-refractivity contribution in [3.8, 4) is 0 Å². The Bertz CT molecular complexity index is 469. The lowest BCUT2D eigenvalue weighted by molar-refractivity contribution is -0.123. The number of likely N-dealkylation sites (tertiary alicyclic amines) is 1. The molecular formula is C18H30ClN3O. The van der Waals surface area contributed by atoms with Crippen LogP contribution in [-0.4, -0.2) is 36.0 Å². The zero-order chi connectivity index (χ0) is 15.9. The van der Waals surface area contributed by atoms with Gasteiger partial charge in [0, 0.05) is 19.1 Å². The molecule has 130 valence electrons. The first-order valence-electron chi connectivity index (χ1n) is 8.43. The molecule has 5 heteroatoms. The van der Waals surface area contributed by atoms with Gasteiger partial charge < -0.3 is 11.1 Å². The summed E-state index contributed by atoms with van der Waals surface area (Å²) in [6.07, 6.45) is 3.27. The number of nitrogens with zero attached hydrogens (tertiary/aromatic N) is 1. The number of hydrogen-bond donors (Lipinski definition) is 2. The van der Waals surface area contributed by atoms with E-state index in [1.165, 1.54) is 12.0 Å². The van der Waals surface area contributed by atoms with Crippen molar-refractivity contribution in [1.29, 1.82) is 0 Å². The maximum absolute atomic E-state index is 12.1. The second kappa shape index (κ2) is 9.91. The number of halogens is 1. The van der Waals surface area contributed by atoms with E-state index in [2.05, 4.69) is 41.4 Å². The van der Waals surface area contributed by atoms with Gasteiger partial charge in [-0.05, 0) is 30.9 Å². The highest BCUT2D eigenvalue weighted by Crippen LogP contribution is 2.19. The highest BCUT2D eigenvalue weighted by atomic mass is 35.5. The van der Waals surface area contributed by atoms with E-state index in [1.54, 1.807) is 0 Å². The summed E-state index contributed by atoms with van der Waals surface area (Å²) in [7, 11) is 0. The van der Waals surface area contributed by atoms with Crippen molar-refractivity contribution in [2.24, 2.45) is 11.7 Å². The minimum atomic E-state index is -0.394. The van der Waals surface area contributed by atoms with Crippen LogP contribution in [0.5, 0.6) is 0 Å². The Morgan fingerprint density at radius 1 is 1.39 bits per heavy atom. The summed E-state index contributed by atoms with van der Waals surface area (Å²) in [5, 5.41) is 3.05. The average Bonchev–Trinajstić information content (AvgIpc) is 2.99. The highest BCUT2D eigenvalue weighted by Gasteiger charge is 2.26. The molecule has 0 aliphatic carbocycles. The predicted molar refractivity (Wildman–Crippen MR) is 97.6 cm³/mol. The standard InChI is InChI=1S/C18H29N3O.ClH/c1-3-14(2)17(19)18(22)20-12-16-10-7-11-21(16)13-15-8-5-4-6-9-15;/h4-6,8-9,14,16-17H,3,7,10-13,19H2,1-2H3,(H,20,22);1H. The van der Waals surface area contributed by atoms with Crippen LogP contribution in [0.4, 0.5) is 0 Å². The number of hydrogen-bond acceptors (Lipinski definition) is 3. The lowest BCUT2D eigenvalue weighted by Gasteiger charge is -2.26. The summed E-state index contributed by atoms with van der Waals surface area (Å²) in [5.74, 6) is 0.213. The van der Waals surface area contributed by atoms with E-state index in [0.717, 1.165) is 25.9 Å². The van der Waals surface area contributed by atoms with Gasteiger partial charge in [0.1, 0.15) is 0 Å². The minimum absolute atomic E-state index is 0. The van der Waals surface area contributed by atoms with Gasteiger partial charge in [0.25, 0.3) is 0 Å². The van der Waals surface area contributed by atoms with Crippen LogP contribution in [0.3, 0.4) is 0 Å². The summed E-state index contributed by atoms with van der Waals surface area (Å²) in [4.78, 5) is 14.6. The fourth-order valence-electron chi connectivity index (χ4n) is 3.00. The molecule has 1 amide bonds. The summed E-state index contributed by atoms with van der Waals surface area (Å²) in [6.45, 7) is 6.86. The van der Waals surface area contributed by atoms with E-state index in [-0.39, 0.29) is 24.2 Å². The van der Waals surface area contributed by atoms with Crippen molar-refractivity contribution >= 4 is 18.3 Å². The van der Waals surface area contributed by atoms with Gasteiger partial charge in [0.15, 0.2) is 0 Å². The fourth-order valence-corrected chi connectivity index (χ4v) is 3.00. The molecule has 0 bridgehead atoms. The first kappa shape index (κ1) is 19.9. The van der Waals surface area contributed by atoms with Crippen molar-refractivity contribution in [3.05, 3.63) is 35.9 Å². The number of benzene rings is 1. The van der Waals surface area contributed by atoms with Crippen molar-refractivity contribution in [2.45, 2.75) is 51.7 Å². The van der Waals surface area contributed by atoms with Crippen LogP contribution < -0.4 is 11.1 Å². The molecule has 23 heavy (non-hydrogen) atoms. The molecular weight excluding hydrogens is 310 g/mol. The lowest BCUT2D eigenvalue weighted by atomic mass is 9.99. The van der Waals surface area contributed by atoms with E-state index in [0.29, 0.717) is 12.6 Å². The lowest BCUT2D eigenvalue weighted by Crippen LogP contribution is -2.48. The van der Waals surface area contributed by atoms with Gasteiger partial charge in [-0.1, -0.05) is 50.6 Å². The third-order valence-electron chi connectivity index (χ3n) is 4.80. The van der Waals surface area contributed by atoms with Gasteiger partial charge in [-0.25, -0.2) is 0 Å². The average molecular weight is 340 g/mol. The van der Waals surface area contributed by atoms with Gasteiger partial charge in [-0.2, -0.15) is 0 Å². The fraction of sp³-hybridized carbons (Fsp3) is 0.611. The van der Waals surface area contributed by atoms with E-state index in [4.69, 9.17) is 5.73 Å². The summed E-state index contributed by atoms with van der Waals surface area (Å²) in [6, 6.07) is 10.5. The van der Waals surface area contributed by atoms with Crippen molar-refractivity contribution < 1.29 is 4.79 Å². The quantitative estimate of drug-likeness (QED) is 0.802. The maximum Gasteiger partial charge on any atom is 0.237 e. The van der Waals surface area contributed by atoms with Gasteiger partial charge >= 0.3 is 0 Å². The molecule has 4 nitrogen and oxygen atoms in total. The van der Waals surface area contributed by atoms with Gasteiger partial charge in [0.05, 0.1) is 6.04 Å². The SMILES string of the molecule is CCC(C)C(N)C(=O)NCC1CCCN1Cc1ccccc1.Cl. The Labute approximate surface area is 146 Å². The molecule has 1 aliphatic rings. The molecule has 3 atom stereocenters. The molecule has 1 aliphatic heterocycles. The summed E-state index contributed by atoms with van der Waals surface area (Å²) < 4.78 is 0. The number of nitrogens with two attached hydrogens (primary N) is 1. The van der Waals surface area contributed by atoms with Gasteiger partial charge in [-0.3, -0.25) is 9.69 Å². The Balaban J connectivity index is 0.00000264. The number of amides is 1. The zero-order valence-electron chi connectivity index (χ0n) is 14.2. The molecule has 1 heterocycles. The number of rotatable bonds is 7. The van der Waals surface area contributed by atoms with E-state index >= 15 is 0 Å². The topological polar surface area (TPSA) is 58.4 Å². The van der Waals surface area contributed by atoms with E-state index in [1.807, 2.05) is 13.0 Å². The minimum Gasteiger partial charge on any atom is -0.353 e. The van der Waals surface area contributed by atoms with E-state index in [9.17, 15) is 4.79 Å². The van der Waals surface area contributed by atoms with Gasteiger partial charge in [-0.15, -0.1) is 12.4 Å². The predicted octanol–water partition coefficient (Wildman–Crippen LogP) is 2.56. The van der Waals surface area contributed by atoms with Crippen LogP contribution in [0.25, 0.3) is 0 Å². The Morgan fingerprint density at radius 3 is 2.74 bits per heavy atom. The second-order valence-corrected chi connectivity index (χ2v) is 6.41. The van der Waals surface area contributed by atoms with Crippen molar-refractivity contribution in [2.75, 3.05) is 13.1 Å². The van der Waals surface area contributed by atoms with Gasteiger partial charge in [0.2, 0.25) is 5.91 Å². The summed E-state index contributed by atoms with van der Waals surface area (Å²) in [5.41, 5.74) is 7.32. The monoisotopic (exact) mass is 339 g/mol. The largest absolute Gasteiger partial charge is 0.353 e. The maximum atomic E-state index is 12.1. The van der Waals surface area contributed by atoms with Crippen molar-refractivity contribution in [3.63, 3.8) is 0 Å². The second-order valence-electron chi connectivity index (χ2n) is 6.41. The van der Waals surface area contributed by atoms with Crippen LogP contribution in [0.2, 0.25) is 0 Å². The Morgan fingerprint density at radius 2 is 2.09 bits per heavy atom. The molecule has 1 aromatic carbocycles.